The van der Waals surface area contributed by atoms with Crippen LogP contribution in [0.15, 0.2) is 18.2 Å². The van der Waals surface area contributed by atoms with E-state index < -0.39 is 0 Å². The number of hydrogen-bond donors (Lipinski definition) is 0. The molecule has 1 aliphatic carbocycles. The standard InChI is InChI=1S/C22H34N2O3/c1-5-27-21-14-18(10-11-20(21)26-4)23-12-13-24(17(3)15-23)22(25)19-9-7-6-8-16(19)2/h10-11,14,16-17,19H,5-9,12-13,15H2,1-4H3/t16-,17-,19-/m1/s1. The topological polar surface area (TPSA) is 42.0 Å². The van der Waals surface area contributed by atoms with Crippen molar-refractivity contribution in [2.24, 2.45) is 11.8 Å². The minimum atomic E-state index is 0.220. The Balaban J connectivity index is 1.67. The zero-order valence-electron chi connectivity index (χ0n) is 17.2. The molecule has 1 heterocycles. The Bertz CT molecular complexity index is 648. The molecule has 0 radical (unpaired) electrons. The average molecular weight is 375 g/mol. The summed E-state index contributed by atoms with van der Waals surface area (Å²) in [6.45, 7) is 9.50. The molecule has 1 amide bonds. The van der Waals surface area contributed by atoms with Gasteiger partial charge < -0.3 is 19.3 Å². The van der Waals surface area contributed by atoms with Crippen molar-refractivity contribution in [3.8, 4) is 11.5 Å². The van der Waals surface area contributed by atoms with Crippen LogP contribution in [0.2, 0.25) is 0 Å². The lowest BCUT2D eigenvalue weighted by atomic mass is 9.79. The van der Waals surface area contributed by atoms with Gasteiger partial charge in [0.1, 0.15) is 0 Å². The third kappa shape index (κ3) is 4.33. The van der Waals surface area contributed by atoms with Gasteiger partial charge in [0.25, 0.3) is 0 Å². The summed E-state index contributed by atoms with van der Waals surface area (Å²) in [4.78, 5) is 17.6. The van der Waals surface area contributed by atoms with Crippen LogP contribution in [0.4, 0.5) is 5.69 Å². The number of rotatable bonds is 5. The molecule has 1 aliphatic heterocycles. The molecule has 0 spiro atoms. The second kappa shape index (κ2) is 8.85. The Morgan fingerprint density at radius 1 is 1.15 bits per heavy atom. The van der Waals surface area contributed by atoms with Crippen molar-refractivity contribution in [1.29, 1.82) is 0 Å². The van der Waals surface area contributed by atoms with Crippen LogP contribution in [0.25, 0.3) is 0 Å². The van der Waals surface area contributed by atoms with Gasteiger partial charge in [-0.2, -0.15) is 0 Å². The Kier molecular flexibility index (Phi) is 6.51. The van der Waals surface area contributed by atoms with Crippen molar-refractivity contribution < 1.29 is 14.3 Å². The van der Waals surface area contributed by atoms with Crippen LogP contribution in [0.1, 0.15) is 46.5 Å². The van der Waals surface area contributed by atoms with Crippen molar-refractivity contribution in [2.75, 3.05) is 38.3 Å². The minimum Gasteiger partial charge on any atom is -0.493 e. The predicted octanol–water partition coefficient (Wildman–Crippen LogP) is 3.96. The predicted molar refractivity (Wildman–Crippen MR) is 109 cm³/mol. The van der Waals surface area contributed by atoms with Gasteiger partial charge in [-0.25, -0.2) is 0 Å². The lowest BCUT2D eigenvalue weighted by molar-refractivity contribution is -0.140. The third-order valence-corrected chi connectivity index (χ3v) is 6.15. The molecule has 5 heteroatoms. The number of carbonyl (C=O) groups is 1. The van der Waals surface area contributed by atoms with Gasteiger partial charge in [0.15, 0.2) is 11.5 Å². The molecule has 0 bridgehead atoms. The van der Waals surface area contributed by atoms with Crippen LogP contribution in [0.3, 0.4) is 0 Å². The highest BCUT2D eigenvalue weighted by atomic mass is 16.5. The molecule has 1 aromatic carbocycles. The van der Waals surface area contributed by atoms with Gasteiger partial charge in [0, 0.05) is 43.3 Å². The first-order chi connectivity index (χ1) is 13.0. The van der Waals surface area contributed by atoms with Gasteiger partial charge in [-0.1, -0.05) is 19.8 Å². The maximum Gasteiger partial charge on any atom is 0.226 e. The number of ether oxygens (including phenoxy) is 2. The maximum atomic E-state index is 13.1. The molecular weight excluding hydrogens is 340 g/mol. The van der Waals surface area contributed by atoms with Crippen molar-refractivity contribution >= 4 is 11.6 Å². The van der Waals surface area contributed by atoms with Crippen molar-refractivity contribution in [2.45, 2.75) is 52.5 Å². The van der Waals surface area contributed by atoms with E-state index in [4.69, 9.17) is 9.47 Å². The second-order valence-corrected chi connectivity index (χ2v) is 7.96. The quantitative estimate of drug-likeness (QED) is 0.782. The van der Waals surface area contributed by atoms with Crippen molar-refractivity contribution in [3.05, 3.63) is 18.2 Å². The van der Waals surface area contributed by atoms with Gasteiger partial charge in [-0.05, 0) is 44.7 Å². The number of hydrogen-bond acceptors (Lipinski definition) is 4. The number of nitrogens with zero attached hydrogens (tertiary/aromatic N) is 2. The molecule has 150 valence electrons. The molecular formula is C22H34N2O3. The van der Waals surface area contributed by atoms with E-state index in [-0.39, 0.29) is 12.0 Å². The first-order valence-electron chi connectivity index (χ1n) is 10.4. The summed E-state index contributed by atoms with van der Waals surface area (Å²) in [6.07, 6.45) is 4.72. The third-order valence-electron chi connectivity index (χ3n) is 6.15. The molecule has 1 aromatic rings. The number of carbonyl (C=O) groups excluding carboxylic acids is 1. The fraction of sp³-hybridized carbons (Fsp3) is 0.682. The van der Waals surface area contributed by atoms with Crippen LogP contribution in [-0.4, -0.2) is 50.2 Å². The zero-order valence-corrected chi connectivity index (χ0v) is 17.2. The molecule has 0 unspecified atom stereocenters. The van der Waals surface area contributed by atoms with Crippen LogP contribution in [-0.2, 0) is 4.79 Å². The Labute approximate surface area is 163 Å². The largest absolute Gasteiger partial charge is 0.493 e. The summed E-state index contributed by atoms with van der Waals surface area (Å²) in [5, 5.41) is 0. The number of anilines is 1. The van der Waals surface area contributed by atoms with Crippen LogP contribution < -0.4 is 14.4 Å². The molecule has 2 aliphatic rings. The summed E-state index contributed by atoms with van der Waals surface area (Å²) < 4.78 is 11.1. The monoisotopic (exact) mass is 374 g/mol. The number of methoxy groups -OCH3 is 1. The lowest BCUT2D eigenvalue weighted by Crippen LogP contribution is -2.56. The molecule has 0 N–H and O–H groups in total. The van der Waals surface area contributed by atoms with E-state index in [1.807, 2.05) is 13.0 Å². The maximum absolute atomic E-state index is 13.1. The molecule has 2 fully saturated rings. The fourth-order valence-electron chi connectivity index (χ4n) is 4.55. The fourth-order valence-corrected chi connectivity index (χ4v) is 4.55. The molecule has 1 saturated heterocycles. The Morgan fingerprint density at radius 2 is 1.93 bits per heavy atom. The van der Waals surface area contributed by atoms with E-state index in [1.54, 1.807) is 7.11 Å². The van der Waals surface area contributed by atoms with Crippen LogP contribution >= 0.6 is 0 Å². The smallest absolute Gasteiger partial charge is 0.226 e. The minimum absolute atomic E-state index is 0.220. The first kappa shape index (κ1) is 19.8. The van der Waals surface area contributed by atoms with Gasteiger partial charge in [-0.15, -0.1) is 0 Å². The molecule has 0 aromatic heterocycles. The summed E-state index contributed by atoms with van der Waals surface area (Å²) in [7, 11) is 1.66. The summed E-state index contributed by atoms with van der Waals surface area (Å²) in [6, 6.07) is 6.31. The first-order valence-corrected chi connectivity index (χ1v) is 10.4. The summed E-state index contributed by atoms with van der Waals surface area (Å²) in [5.41, 5.74) is 1.13. The van der Waals surface area contributed by atoms with E-state index in [9.17, 15) is 4.79 Å². The highest BCUT2D eigenvalue weighted by Gasteiger charge is 2.35. The zero-order chi connectivity index (χ0) is 19.4. The van der Waals surface area contributed by atoms with Gasteiger partial charge >= 0.3 is 0 Å². The van der Waals surface area contributed by atoms with Crippen molar-refractivity contribution in [3.63, 3.8) is 0 Å². The van der Waals surface area contributed by atoms with Crippen LogP contribution in [0, 0.1) is 11.8 Å². The molecule has 3 atom stereocenters. The van der Waals surface area contributed by atoms with E-state index in [0.717, 1.165) is 43.2 Å². The second-order valence-electron chi connectivity index (χ2n) is 7.96. The van der Waals surface area contributed by atoms with E-state index in [1.165, 1.54) is 19.3 Å². The molecule has 3 rings (SSSR count). The number of piperazine rings is 1. The Morgan fingerprint density at radius 3 is 2.59 bits per heavy atom. The molecule has 1 saturated carbocycles. The van der Waals surface area contributed by atoms with Gasteiger partial charge in [0.2, 0.25) is 5.91 Å². The van der Waals surface area contributed by atoms with E-state index in [2.05, 4.69) is 35.8 Å². The van der Waals surface area contributed by atoms with Gasteiger partial charge in [-0.3, -0.25) is 4.79 Å². The number of amides is 1. The highest BCUT2D eigenvalue weighted by molar-refractivity contribution is 5.80. The number of benzene rings is 1. The molecule has 5 nitrogen and oxygen atoms in total. The lowest BCUT2D eigenvalue weighted by Gasteiger charge is -2.43. The van der Waals surface area contributed by atoms with E-state index >= 15 is 0 Å². The average Bonchev–Trinajstić information content (AvgIpc) is 2.68. The highest BCUT2D eigenvalue weighted by Crippen LogP contribution is 2.34. The Hall–Kier alpha value is -1.91. The van der Waals surface area contributed by atoms with Crippen LogP contribution in [0.5, 0.6) is 11.5 Å². The summed E-state index contributed by atoms with van der Waals surface area (Å²) in [5.74, 6) is 2.65. The summed E-state index contributed by atoms with van der Waals surface area (Å²) >= 11 is 0. The van der Waals surface area contributed by atoms with Gasteiger partial charge in [0.05, 0.1) is 13.7 Å². The van der Waals surface area contributed by atoms with E-state index in [0.29, 0.717) is 18.4 Å². The molecule has 27 heavy (non-hydrogen) atoms. The normalized spacial score (nSPS) is 26.0. The van der Waals surface area contributed by atoms with Crippen molar-refractivity contribution in [1.82, 2.24) is 4.90 Å². The SMILES string of the molecule is CCOc1cc(N2CCN(C(=O)[C@@H]3CCCC[C@H]3C)[C@H](C)C2)ccc1OC.